The van der Waals surface area contributed by atoms with Gasteiger partial charge >= 0.3 is 0 Å². The molecule has 3 aromatic rings. The fraction of sp³-hybridized carbons (Fsp3) is 0.375. The molecule has 0 saturated heterocycles. The van der Waals surface area contributed by atoms with Crippen molar-refractivity contribution in [3.63, 3.8) is 0 Å². The zero-order valence-electron chi connectivity index (χ0n) is 18.4. The number of aromatic nitrogens is 2. The van der Waals surface area contributed by atoms with Gasteiger partial charge in [-0.25, -0.2) is 4.98 Å². The maximum atomic E-state index is 13.4. The van der Waals surface area contributed by atoms with Gasteiger partial charge in [0, 0.05) is 23.2 Å². The van der Waals surface area contributed by atoms with Crippen molar-refractivity contribution in [3.8, 4) is 11.5 Å². The van der Waals surface area contributed by atoms with E-state index in [0.29, 0.717) is 42.1 Å². The largest absolute Gasteiger partial charge is 0.486 e. The van der Waals surface area contributed by atoms with E-state index in [1.54, 1.807) is 34.1 Å². The minimum absolute atomic E-state index is 0.0304. The summed E-state index contributed by atoms with van der Waals surface area (Å²) in [7, 11) is 0. The molecule has 0 bridgehead atoms. The van der Waals surface area contributed by atoms with Crippen LogP contribution in [0.25, 0.3) is 10.2 Å². The molecule has 5 rings (SSSR count). The third-order valence-corrected chi connectivity index (χ3v) is 7.79. The van der Waals surface area contributed by atoms with E-state index in [1.807, 2.05) is 6.92 Å². The molecule has 0 saturated carbocycles. The zero-order chi connectivity index (χ0) is 22.9. The molecule has 1 aliphatic heterocycles. The van der Waals surface area contributed by atoms with E-state index >= 15 is 0 Å². The third-order valence-electron chi connectivity index (χ3n) is 5.63. The number of thioether (sulfide) groups is 1. The minimum Gasteiger partial charge on any atom is -0.486 e. The standard InChI is InChI=1S/C24H25N3O4S2/c1-14(2)12-27-23(29)21-16-5-3-4-6-19(16)33-22(21)26-24(27)32-13-20(28)25-15-7-8-17-18(11-15)31-10-9-30-17/h7-8,11H,1,3-6,9-10,12-13H2,2H3,(H,25,28). The number of rotatable bonds is 6. The van der Waals surface area contributed by atoms with Crippen LogP contribution in [0.5, 0.6) is 11.5 Å². The number of anilines is 1. The lowest BCUT2D eigenvalue weighted by Gasteiger charge is -2.19. The van der Waals surface area contributed by atoms with Crippen molar-refractivity contribution < 1.29 is 14.3 Å². The molecule has 7 nitrogen and oxygen atoms in total. The summed E-state index contributed by atoms with van der Waals surface area (Å²) in [6.07, 6.45) is 4.21. The maximum absolute atomic E-state index is 13.4. The Kier molecular flexibility index (Phi) is 6.16. The van der Waals surface area contributed by atoms with Crippen LogP contribution in [0.2, 0.25) is 0 Å². The zero-order valence-corrected chi connectivity index (χ0v) is 20.1. The van der Waals surface area contributed by atoms with Gasteiger partial charge in [-0.05, 0) is 50.3 Å². The second-order valence-corrected chi connectivity index (χ2v) is 10.4. The van der Waals surface area contributed by atoms with Crippen molar-refractivity contribution in [2.75, 3.05) is 24.3 Å². The van der Waals surface area contributed by atoms with E-state index < -0.39 is 0 Å². The lowest BCUT2D eigenvalue weighted by atomic mass is 9.97. The van der Waals surface area contributed by atoms with Crippen molar-refractivity contribution >= 4 is 44.9 Å². The first kappa shape index (κ1) is 22.0. The topological polar surface area (TPSA) is 82.5 Å². The maximum Gasteiger partial charge on any atom is 0.263 e. The molecule has 2 aromatic heterocycles. The summed E-state index contributed by atoms with van der Waals surface area (Å²) < 4.78 is 12.8. The first-order chi connectivity index (χ1) is 16.0. The van der Waals surface area contributed by atoms with Crippen LogP contribution in [0.3, 0.4) is 0 Å². The van der Waals surface area contributed by atoms with E-state index in [0.717, 1.165) is 41.5 Å². The predicted octanol–water partition coefficient (Wildman–Crippen LogP) is 4.41. The number of nitrogens with one attached hydrogen (secondary N) is 1. The normalized spacial score (nSPS) is 14.7. The van der Waals surface area contributed by atoms with Crippen LogP contribution >= 0.6 is 23.1 Å². The quantitative estimate of drug-likeness (QED) is 0.318. The molecule has 0 radical (unpaired) electrons. The first-order valence-corrected chi connectivity index (χ1v) is 12.8. The van der Waals surface area contributed by atoms with Gasteiger partial charge in [-0.1, -0.05) is 23.9 Å². The van der Waals surface area contributed by atoms with Gasteiger partial charge in [-0.2, -0.15) is 0 Å². The second-order valence-electron chi connectivity index (χ2n) is 8.33. The summed E-state index contributed by atoms with van der Waals surface area (Å²) in [5.74, 6) is 1.25. The summed E-state index contributed by atoms with van der Waals surface area (Å²) in [5, 5.41) is 4.19. The monoisotopic (exact) mass is 483 g/mol. The van der Waals surface area contributed by atoms with Gasteiger partial charge in [0.2, 0.25) is 5.91 Å². The van der Waals surface area contributed by atoms with Gasteiger partial charge in [0.15, 0.2) is 16.7 Å². The number of carbonyl (C=O) groups is 1. The van der Waals surface area contributed by atoms with Crippen molar-refractivity contribution in [2.24, 2.45) is 0 Å². The molecule has 0 unspecified atom stereocenters. The number of aryl methyl sites for hydroxylation is 2. The molecule has 3 heterocycles. The van der Waals surface area contributed by atoms with Crippen LogP contribution in [0.1, 0.15) is 30.2 Å². The SMILES string of the molecule is C=C(C)Cn1c(SCC(=O)Nc2ccc3c(c2)OCCO3)nc2sc3c(c2c1=O)CCCC3. The highest BCUT2D eigenvalue weighted by Gasteiger charge is 2.23. The predicted molar refractivity (Wildman–Crippen MR) is 132 cm³/mol. The fourth-order valence-corrected chi connectivity index (χ4v) is 6.29. The summed E-state index contributed by atoms with van der Waals surface area (Å²) in [6.45, 7) is 7.26. The Balaban J connectivity index is 1.38. The van der Waals surface area contributed by atoms with Gasteiger partial charge in [-0.15, -0.1) is 11.3 Å². The Bertz CT molecular complexity index is 1310. The van der Waals surface area contributed by atoms with Crippen LogP contribution < -0.4 is 20.3 Å². The number of fused-ring (bicyclic) bond motifs is 4. The number of thiophene rings is 1. The highest BCUT2D eigenvalue weighted by atomic mass is 32.2. The lowest BCUT2D eigenvalue weighted by Crippen LogP contribution is -2.25. The van der Waals surface area contributed by atoms with Crippen molar-refractivity contribution in [1.29, 1.82) is 0 Å². The van der Waals surface area contributed by atoms with Gasteiger partial charge in [0.1, 0.15) is 18.0 Å². The smallest absolute Gasteiger partial charge is 0.263 e. The van der Waals surface area contributed by atoms with E-state index in [-0.39, 0.29) is 17.2 Å². The van der Waals surface area contributed by atoms with E-state index in [2.05, 4.69) is 11.9 Å². The molecule has 1 aliphatic carbocycles. The molecular formula is C24H25N3O4S2. The fourth-order valence-electron chi connectivity index (χ4n) is 4.19. The molecule has 0 atom stereocenters. The van der Waals surface area contributed by atoms with Crippen molar-refractivity contribution in [1.82, 2.24) is 9.55 Å². The Hall–Kier alpha value is -2.78. The summed E-state index contributed by atoms with van der Waals surface area (Å²) in [5.41, 5.74) is 2.64. The number of carbonyl (C=O) groups excluding carboxylic acids is 1. The minimum atomic E-state index is -0.182. The highest BCUT2D eigenvalue weighted by molar-refractivity contribution is 7.99. The molecule has 0 fully saturated rings. The van der Waals surface area contributed by atoms with Crippen LogP contribution in [0.15, 0.2) is 40.3 Å². The average Bonchev–Trinajstić information content (AvgIpc) is 3.18. The summed E-state index contributed by atoms with van der Waals surface area (Å²) in [6, 6.07) is 5.33. The van der Waals surface area contributed by atoms with Crippen LogP contribution in [0, 0.1) is 0 Å². The highest BCUT2D eigenvalue weighted by Crippen LogP contribution is 2.35. The third kappa shape index (κ3) is 4.52. The molecular weight excluding hydrogens is 458 g/mol. The first-order valence-electron chi connectivity index (χ1n) is 11.0. The summed E-state index contributed by atoms with van der Waals surface area (Å²) in [4.78, 5) is 33.0. The Morgan fingerprint density at radius 3 is 2.85 bits per heavy atom. The number of nitrogens with zero attached hydrogens (tertiary/aromatic N) is 2. The molecule has 33 heavy (non-hydrogen) atoms. The van der Waals surface area contributed by atoms with E-state index in [4.69, 9.17) is 14.5 Å². The van der Waals surface area contributed by atoms with Gasteiger partial charge in [0.05, 0.1) is 11.1 Å². The van der Waals surface area contributed by atoms with Crippen molar-refractivity contribution in [3.05, 3.63) is 51.1 Å². The number of amides is 1. The number of benzene rings is 1. The van der Waals surface area contributed by atoms with Crippen LogP contribution in [0.4, 0.5) is 5.69 Å². The molecule has 1 amide bonds. The molecule has 1 aromatic carbocycles. The van der Waals surface area contributed by atoms with Crippen molar-refractivity contribution in [2.45, 2.75) is 44.3 Å². The Morgan fingerprint density at radius 1 is 1.24 bits per heavy atom. The Morgan fingerprint density at radius 2 is 2.03 bits per heavy atom. The number of ether oxygens (including phenoxy) is 2. The molecule has 172 valence electrons. The van der Waals surface area contributed by atoms with Crippen LogP contribution in [-0.2, 0) is 24.2 Å². The molecule has 9 heteroatoms. The van der Waals surface area contributed by atoms with Gasteiger partial charge in [-0.3, -0.25) is 14.2 Å². The Labute approximate surface area is 199 Å². The van der Waals surface area contributed by atoms with E-state index in [1.165, 1.54) is 22.2 Å². The second kappa shape index (κ2) is 9.23. The summed E-state index contributed by atoms with van der Waals surface area (Å²) >= 11 is 2.89. The van der Waals surface area contributed by atoms with Gasteiger partial charge in [0.25, 0.3) is 5.56 Å². The average molecular weight is 484 g/mol. The number of allylic oxidation sites excluding steroid dienone is 1. The molecule has 1 N–H and O–H groups in total. The number of hydrogen-bond donors (Lipinski definition) is 1. The van der Waals surface area contributed by atoms with E-state index in [9.17, 15) is 9.59 Å². The van der Waals surface area contributed by atoms with Gasteiger partial charge < -0.3 is 14.8 Å². The lowest BCUT2D eigenvalue weighted by molar-refractivity contribution is -0.113. The molecule has 0 spiro atoms. The number of hydrogen-bond acceptors (Lipinski definition) is 7. The van der Waals surface area contributed by atoms with Crippen LogP contribution in [-0.4, -0.2) is 34.4 Å². The molecule has 2 aliphatic rings.